The molecule has 1 N–H and O–H groups in total. The molecule has 1 rings (SSSR count). The third kappa shape index (κ3) is 2.66. The van der Waals surface area contributed by atoms with Crippen LogP contribution in [0.15, 0.2) is 0 Å². The van der Waals surface area contributed by atoms with E-state index < -0.39 is 16.2 Å². The Morgan fingerprint density at radius 1 is 1.67 bits per heavy atom. The fraction of sp³-hybridized carbons (Fsp3) is 0.333. The summed E-state index contributed by atoms with van der Waals surface area (Å²) in [4.78, 5) is 10.7. The van der Waals surface area contributed by atoms with Crippen molar-refractivity contribution in [2.45, 2.75) is 0 Å². The molecule has 64 valence electrons. The summed E-state index contributed by atoms with van der Waals surface area (Å²) in [6, 6.07) is 0. The molecule has 0 saturated carbocycles. The number of hydrogen-bond acceptors (Lipinski definition) is 5. The van der Waals surface area contributed by atoms with Gasteiger partial charge in [-0.3, -0.25) is 9.35 Å². The summed E-state index contributed by atoms with van der Waals surface area (Å²) in [6.45, 7) is 0. The van der Waals surface area contributed by atoms with Crippen LogP contribution in [0.5, 0.6) is 0 Å². The van der Waals surface area contributed by atoms with E-state index in [0.29, 0.717) is 0 Å². The Hall–Kier alpha value is 0.820. The minimum absolute atomic E-state index is 0. The van der Waals surface area contributed by atoms with E-state index in [9.17, 15) is 13.2 Å². The second-order valence-electron chi connectivity index (χ2n) is 1.69. The van der Waals surface area contributed by atoms with Crippen LogP contribution in [0, 0.1) is 0 Å². The molecular weight excluding hydrogens is 233 g/mol. The maximum atomic E-state index is 10.7. The summed E-state index contributed by atoms with van der Waals surface area (Å²) in [5.41, 5.74) is 0. The number of carbonyl (C=O) groups excluding carboxylic acids is 1. The number of rotatable bonds is 1. The van der Waals surface area contributed by atoms with E-state index in [-0.39, 0.29) is 45.4 Å². The van der Waals surface area contributed by atoms with Gasteiger partial charge in [0.1, 0.15) is 0 Å². The van der Waals surface area contributed by atoms with Crippen molar-refractivity contribution in [2.24, 2.45) is 0 Å². The summed E-state index contributed by atoms with van der Waals surface area (Å²) in [6.07, 6.45) is 0. The predicted molar refractivity (Wildman–Crippen MR) is 44.6 cm³/mol. The van der Waals surface area contributed by atoms with Gasteiger partial charge in [0.15, 0.2) is 4.32 Å². The Labute approximate surface area is 103 Å². The third-order valence-corrected chi connectivity index (χ3v) is 3.38. The zero-order chi connectivity index (χ0) is 8.65. The summed E-state index contributed by atoms with van der Waals surface area (Å²) >= 11 is 5.40. The van der Waals surface area contributed by atoms with Gasteiger partial charge in [0.25, 0.3) is 5.91 Å². The van der Waals surface area contributed by atoms with Gasteiger partial charge in [0.2, 0.25) is 0 Å². The maximum absolute atomic E-state index is 10.7. The van der Waals surface area contributed by atoms with E-state index in [1.807, 2.05) is 0 Å². The van der Waals surface area contributed by atoms with Gasteiger partial charge in [-0.05, 0) is 0 Å². The summed E-state index contributed by atoms with van der Waals surface area (Å²) in [5.74, 6) is -0.735. The molecule has 1 heterocycles. The average molecular weight is 237 g/mol. The molecule has 0 aliphatic carbocycles. The minimum atomic E-state index is -4.48. The minimum Gasteiger partial charge on any atom is -1.00 e. The zero-order valence-corrected chi connectivity index (χ0v) is 10.5. The van der Waals surface area contributed by atoms with Crippen molar-refractivity contribution in [1.29, 1.82) is 0 Å². The first-order valence-corrected chi connectivity index (χ1v) is 5.19. The molecule has 1 aliphatic heterocycles. The van der Waals surface area contributed by atoms with Crippen LogP contribution >= 0.6 is 24.0 Å². The first-order valence-electron chi connectivity index (χ1n) is 2.40. The monoisotopic (exact) mass is 237 g/mol. The summed E-state index contributed by atoms with van der Waals surface area (Å²) in [5, 5.41) is 0. The number of amides is 1. The molecule has 0 radical (unpaired) electrons. The summed E-state index contributed by atoms with van der Waals surface area (Å²) < 4.78 is 29.4. The van der Waals surface area contributed by atoms with E-state index >= 15 is 0 Å². The topological polar surface area (TPSA) is 74.7 Å². The van der Waals surface area contributed by atoms with Crippen LogP contribution in [0.2, 0.25) is 0 Å². The molecule has 1 amide bonds. The van der Waals surface area contributed by atoms with Gasteiger partial charge in [-0.15, -0.1) is 0 Å². The molecule has 0 unspecified atom stereocenters. The van der Waals surface area contributed by atoms with Gasteiger partial charge in [0.05, 0.1) is 5.75 Å². The third-order valence-electron chi connectivity index (χ3n) is 0.942. The number of hydrogen-bond donors (Lipinski definition) is 1. The van der Waals surface area contributed by atoms with Crippen molar-refractivity contribution >= 4 is 44.5 Å². The molecule has 1 aliphatic rings. The first kappa shape index (κ1) is 12.8. The van der Waals surface area contributed by atoms with Crippen LogP contribution < -0.4 is 29.6 Å². The van der Waals surface area contributed by atoms with E-state index in [1.165, 1.54) is 0 Å². The molecule has 0 spiro atoms. The molecule has 0 aromatic heterocycles. The van der Waals surface area contributed by atoms with E-state index in [2.05, 4.69) is 12.2 Å². The molecule has 12 heavy (non-hydrogen) atoms. The van der Waals surface area contributed by atoms with Gasteiger partial charge in [0, 0.05) is 0 Å². The first-order chi connectivity index (χ1) is 4.93. The van der Waals surface area contributed by atoms with Crippen molar-refractivity contribution in [2.75, 3.05) is 5.75 Å². The van der Waals surface area contributed by atoms with Gasteiger partial charge >= 0.3 is 39.9 Å². The van der Waals surface area contributed by atoms with Crippen molar-refractivity contribution < 1.29 is 48.7 Å². The fourth-order valence-electron chi connectivity index (χ4n) is 0.565. The molecule has 9 heteroatoms. The Bertz CT molecular complexity index is 301. The Balaban J connectivity index is 0. The largest absolute Gasteiger partial charge is 1.00 e. The van der Waals surface area contributed by atoms with Crippen molar-refractivity contribution in [3.05, 3.63) is 0 Å². The second-order valence-corrected chi connectivity index (χ2v) is 4.56. The number of nitrogens with zero attached hydrogens (tertiary/aromatic N) is 1. The van der Waals surface area contributed by atoms with Gasteiger partial charge in [-0.1, -0.05) is 24.0 Å². The zero-order valence-electron chi connectivity index (χ0n) is 7.05. The molecule has 5 nitrogen and oxygen atoms in total. The molecule has 1 fully saturated rings. The van der Waals surface area contributed by atoms with Gasteiger partial charge in [-0.25, -0.2) is 0 Å². The average Bonchev–Trinajstić information content (AvgIpc) is 2.08. The van der Waals surface area contributed by atoms with Crippen LogP contribution in [-0.2, 0) is 15.1 Å². The molecule has 0 aromatic carbocycles. The molecular formula is C3H4NNaO4S3. The van der Waals surface area contributed by atoms with E-state index in [1.54, 1.807) is 0 Å². The van der Waals surface area contributed by atoms with E-state index in [4.69, 9.17) is 4.55 Å². The number of thioether (sulfide) groups is 1. The van der Waals surface area contributed by atoms with Crippen LogP contribution in [0.25, 0.3) is 0 Å². The van der Waals surface area contributed by atoms with Crippen LogP contribution in [0.3, 0.4) is 0 Å². The molecule has 0 bridgehead atoms. The Morgan fingerprint density at radius 2 is 2.17 bits per heavy atom. The normalized spacial score (nSPS) is 17.9. The maximum Gasteiger partial charge on any atom is 1.00 e. The quantitative estimate of drug-likeness (QED) is 0.293. The van der Waals surface area contributed by atoms with Crippen LogP contribution in [0.4, 0.5) is 0 Å². The van der Waals surface area contributed by atoms with Crippen LogP contribution in [-0.4, -0.2) is 33.3 Å². The smallest absolute Gasteiger partial charge is 1.00 e. The van der Waals surface area contributed by atoms with E-state index in [0.717, 1.165) is 11.8 Å². The number of carbonyl (C=O) groups is 1. The van der Waals surface area contributed by atoms with Crippen LogP contribution in [0.1, 0.15) is 1.43 Å². The molecule has 0 aromatic rings. The van der Waals surface area contributed by atoms with Crippen molar-refractivity contribution in [3.8, 4) is 0 Å². The number of thiocarbonyl (C=S) groups is 1. The standard InChI is InChI=1S/C3H3NO4S3.Na.H/c5-2-1-10-3(9)4(2)11(6,7)8;;/h1H2,(H,6,7,8);;/q;+1;-1. The molecule has 0 atom stereocenters. The van der Waals surface area contributed by atoms with Crippen molar-refractivity contribution in [3.63, 3.8) is 0 Å². The SMILES string of the molecule is O=C1CSC(=S)N1S(=O)(=O)O.[H-].[Na+]. The molecule has 1 saturated heterocycles. The van der Waals surface area contributed by atoms with Crippen molar-refractivity contribution in [1.82, 2.24) is 4.31 Å². The van der Waals surface area contributed by atoms with Gasteiger partial charge in [-0.2, -0.15) is 12.7 Å². The van der Waals surface area contributed by atoms with Gasteiger partial charge < -0.3 is 1.43 Å². The summed E-state index contributed by atoms with van der Waals surface area (Å²) in [7, 11) is -4.48. The fourth-order valence-corrected chi connectivity index (χ4v) is 2.75. The predicted octanol–water partition coefficient (Wildman–Crippen LogP) is -3.23. The Kier molecular flexibility index (Phi) is 4.66. The second kappa shape index (κ2) is 4.36. The Morgan fingerprint density at radius 3 is 2.33 bits per heavy atom.